The number of aromatic nitrogens is 2. The summed E-state index contributed by atoms with van der Waals surface area (Å²) in [5.41, 5.74) is 2.38. The largest absolute Gasteiger partial charge is 0.370 e. The first-order valence-electron chi connectivity index (χ1n) is 7.34. The number of rotatable bonds is 4. The van der Waals surface area contributed by atoms with E-state index in [1.165, 1.54) is 10.9 Å². The van der Waals surface area contributed by atoms with E-state index in [2.05, 4.69) is 41.0 Å². The summed E-state index contributed by atoms with van der Waals surface area (Å²) in [7, 11) is 1.97. The second-order valence-corrected chi connectivity index (χ2v) is 6.25. The lowest BCUT2D eigenvalue weighted by molar-refractivity contribution is -0.0212. The summed E-state index contributed by atoms with van der Waals surface area (Å²) in [5, 5.41) is 4.46. The van der Waals surface area contributed by atoms with Crippen LogP contribution in [0.2, 0.25) is 0 Å². The third-order valence-electron chi connectivity index (χ3n) is 4.04. The average Bonchev–Trinajstić information content (AvgIpc) is 2.93. The molecule has 4 nitrogen and oxygen atoms in total. The Morgan fingerprint density at radius 3 is 3.05 bits per heavy atom. The highest BCUT2D eigenvalue weighted by Gasteiger charge is 2.32. The van der Waals surface area contributed by atoms with Crippen LogP contribution in [0.5, 0.6) is 0 Å². The standard InChI is InChI=1S/C16H23N3O/c1-16(2)7-6-13(20-16)11-19-10-12(9-17-3)14-5-4-8-18-15(14)19/h4-5,8,10,13,17H,6-7,9,11H2,1-3H3. The third-order valence-corrected chi connectivity index (χ3v) is 4.04. The van der Waals surface area contributed by atoms with Crippen molar-refractivity contribution in [1.29, 1.82) is 0 Å². The fraction of sp³-hybridized carbons (Fsp3) is 0.562. The normalized spacial score (nSPS) is 21.6. The van der Waals surface area contributed by atoms with Gasteiger partial charge >= 0.3 is 0 Å². The van der Waals surface area contributed by atoms with Gasteiger partial charge in [0.1, 0.15) is 5.65 Å². The molecule has 0 aromatic carbocycles. The zero-order chi connectivity index (χ0) is 14.2. The maximum absolute atomic E-state index is 6.11. The molecule has 0 radical (unpaired) electrons. The van der Waals surface area contributed by atoms with Crippen LogP contribution in [0.15, 0.2) is 24.5 Å². The van der Waals surface area contributed by atoms with E-state index >= 15 is 0 Å². The lowest BCUT2D eigenvalue weighted by Crippen LogP contribution is -2.22. The zero-order valence-corrected chi connectivity index (χ0v) is 12.5. The molecule has 1 saturated heterocycles. The number of hydrogen-bond donors (Lipinski definition) is 1. The van der Waals surface area contributed by atoms with Crippen molar-refractivity contribution in [3.63, 3.8) is 0 Å². The summed E-state index contributed by atoms with van der Waals surface area (Å²) in [5.74, 6) is 0. The van der Waals surface area contributed by atoms with Crippen LogP contribution < -0.4 is 5.32 Å². The van der Waals surface area contributed by atoms with Crippen LogP contribution in [-0.2, 0) is 17.8 Å². The predicted molar refractivity (Wildman–Crippen MR) is 80.7 cm³/mol. The van der Waals surface area contributed by atoms with Crippen LogP contribution in [0.1, 0.15) is 32.3 Å². The van der Waals surface area contributed by atoms with Crippen LogP contribution >= 0.6 is 0 Å². The SMILES string of the molecule is CNCc1cn(CC2CCC(C)(C)O2)c2ncccc12. The van der Waals surface area contributed by atoms with Gasteiger partial charge in [0.15, 0.2) is 0 Å². The Hall–Kier alpha value is -1.39. The zero-order valence-electron chi connectivity index (χ0n) is 12.5. The molecule has 0 bridgehead atoms. The Morgan fingerprint density at radius 2 is 2.35 bits per heavy atom. The van der Waals surface area contributed by atoms with Gasteiger partial charge in [-0.15, -0.1) is 0 Å². The molecule has 0 aliphatic carbocycles. The minimum atomic E-state index is 0.0227. The van der Waals surface area contributed by atoms with Crippen LogP contribution in [0.25, 0.3) is 11.0 Å². The van der Waals surface area contributed by atoms with Crippen molar-refractivity contribution in [3.8, 4) is 0 Å². The molecule has 4 heteroatoms. The first-order chi connectivity index (χ1) is 9.59. The van der Waals surface area contributed by atoms with E-state index in [1.807, 2.05) is 19.3 Å². The molecule has 1 unspecified atom stereocenters. The van der Waals surface area contributed by atoms with E-state index < -0.39 is 0 Å². The molecule has 1 atom stereocenters. The lowest BCUT2D eigenvalue weighted by Gasteiger charge is -2.19. The maximum Gasteiger partial charge on any atom is 0.140 e. The van der Waals surface area contributed by atoms with Crippen molar-refractivity contribution in [2.45, 2.75) is 51.5 Å². The molecule has 0 saturated carbocycles. The molecule has 2 aromatic heterocycles. The molecule has 1 fully saturated rings. The van der Waals surface area contributed by atoms with Gasteiger partial charge in [0.05, 0.1) is 18.2 Å². The van der Waals surface area contributed by atoms with E-state index in [1.54, 1.807) is 0 Å². The first-order valence-corrected chi connectivity index (χ1v) is 7.34. The van der Waals surface area contributed by atoms with Crippen LogP contribution in [-0.4, -0.2) is 28.3 Å². The third kappa shape index (κ3) is 2.58. The van der Waals surface area contributed by atoms with Crippen molar-refractivity contribution in [2.24, 2.45) is 0 Å². The number of pyridine rings is 1. The summed E-state index contributed by atoms with van der Waals surface area (Å²) >= 11 is 0. The second-order valence-electron chi connectivity index (χ2n) is 6.25. The van der Waals surface area contributed by atoms with E-state index in [4.69, 9.17) is 4.74 Å². The Bertz CT molecular complexity index is 603. The summed E-state index contributed by atoms with van der Waals surface area (Å²) in [4.78, 5) is 4.54. The fourth-order valence-corrected chi connectivity index (χ4v) is 3.09. The summed E-state index contributed by atoms with van der Waals surface area (Å²) < 4.78 is 8.35. The molecule has 1 aliphatic heterocycles. The lowest BCUT2D eigenvalue weighted by atomic mass is 10.1. The highest BCUT2D eigenvalue weighted by atomic mass is 16.5. The fourth-order valence-electron chi connectivity index (χ4n) is 3.09. The predicted octanol–water partition coefficient (Wildman–Crippen LogP) is 2.71. The Kier molecular flexibility index (Phi) is 3.52. The number of nitrogens with zero attached hydrogens (tertiary/aromatic N) is 2. The number of hydrogen-bond acceptors (Lipinski definition) is 3. The highest BCUT2D eigenvalue weighted by Crippen LogP contribution is 2.31. The Labute approximate surface area is 120 Å². The molecule has 3 rings (SSSR count). The molecule has 1 aliphatic rings. The number of nitrogens with one attached hydrogen (secondary N) is 1. The van der Waals surface area contributed by atoms with E-state index in [-0.39, 0.29) is 5.60 Å². The Morgan fingerprint density at radius 1 is 1.50 bits per heavy atom. The molecule has 20 heavy (non-hydrogen) atoms. The van der Waals surface area contributed by atoms with Gasteiger partial charge in [0, 0.05) is 24.3 Å². The van der Waals surface area contributed by atoms with Gasteiger partial charge in [0.25, 0.3) is 0 Å². The minimum absolute atomic E-state index is 0.0227. The molecule has 3 heterocycles. The van der Waals surface area contributed by atoms with Gasteiger partial charge in [0.2, 0.25) is 0 Å². The van der Waals surface area contributed by atoms with Crippen molar-refractivity contribution >= 4 is 11.0 Å². The van der Waals surface area contributed by atoms with Gasteiger partial charge in [-0.05, 0) is 51.4 Å². The van der Waals surface area contributed by atoms with Crippen LogP contribution in [0.4, 0.5) is 0 Å². The van der Waals surface area contributed by atoms with Gasteiger partial charge in [-0.1, -0.05) is 0 Å². The molecular weight excluding hydrogens is 250 g/mol. The topological polar surface area (TPSA) is 39.1 Å². The summed E-state index contributed by atoms with van der Waals surface area (Å²) in [6, 6.07) is 4.14. The summed E-state index contributed by atoms with van der Waals surface area (Å²) in [6.07, 6.45) is 6.63. The van der Waals surface area contributed by atoms with Crippen molar-refractivity contribution in [1.82, 2.24) is 14.9 Å². The number of ether oxygens (including phenoxy) is 1. The highest BCUT2D eigenvalue weighted by molar-refractivity contribution is 5.80. The molecule has 1 N–H and O–H groups in total. The molecule has 0 spiro atoms. The van der Waals surface area contributed by atoms with Gasteiger partial charge in [-0.2, -0.15) is 0 Å². The molecule has 2 aromatic rings. The van der Waals surface area contributed by atoms with Crippen molar-refractivity contribution < 1.29 is 4.74 Å². The number of fused-ring (bicyclic) bond motifs is 1. The van der Waals surface area contributed by atoms with E-state index in [9.17, 15) is 0 Å². The average molecular weight is 273 g/mol. The van der Waals surface area contributed by atoms with Crippen LogP contribution in [0.3, 0.4) is 0 Å². The van der Waals surface area contributed by atoms with Gasteiger partial charge < -0.3 is 14.6 Å². The van der Waals surface area contributed by atoms with Gasteiger partial charge in [-0.3, -0.25) is 0 Å². The maximum atomic E-state index is 6.11. The van der Waals surface area contributed by atoms with E-state index in [0.717, 1.165) is 31.6 Å². The van der Waals surface area contributed by atoms with E-state index in [0.29, 0.717) is 6.10 Å². The molecule has 0 amide bonds. The van der Waals surface area contributed by atoms with Gasteiger partial charge in [-0.25, -0.2) is 4.98 Å². The molecular formula is C16H23N3O. The Balaban J connectivity index is 1.88. The van der Waals surface area contributed by atoms with Crippen molar-refractivity contribution in [3.05, 3.63) is 30.1 Å². The molecule has 108 valence electrons. The smallest absolute Gasteiger partial charge is 0.140 e. The van der Waals surface area contributed by atoms with Crippen molar-refractivity contribution in [2.75, 3.05) is 7.05 Å². The minimum Gasteiger partial charge on any atom is -0.370 e. The first kappa shape index (κ1) is 13.6. The second kappa shape index (κ2) is 5.19. The summed E-state index contributed by atoms with van der Waals surface area (Å²) in [6.45, 7) is 6.10. The monoisotopic (exact) mass is 273 g/mol. The quantitative estimate of drug-likeness (QED) is 0.931. The van der Waals surface area contributed by atoms with Crippen LogP contribution in [0, 0.1) is 0 Å².